The molecule has 32 heavy (non-hydrogen) atoms. The highest BCUT2D eigenvalue weighted by Gasteiger charge is 2.40. The highest BCUT2D eigenvalue weighted by atomic mass is 35.5. The zero-order chi connectivity index (χ0) is 23.0. The lowest BCUT2D eigenvalue weighted by atomic mass is 10.0. The van der Waals surface area contributed by atoms with Crippen molar-refractivity contribution in [3.8, 4) is 0 Å². The van der Waals surface area contributed by atoms with Crippen molar-refractivity contribution < 1.29 is 13.2 Å². The van der Waals surface area contributed by atoms with E-state index in [9.17, 15) is 13.2 Å². The van der Waals surface area contributed by atoms with E-state index in [-0.39, 0.29) is 11.2 Å². The normalized spacial score (nSPS) is 17.9. The summed E-state index contributed by atoms with van der Waals surface area (Å²) in [5, 5.41) is 7.96. The summed E-state index contributed by atoms with van der Waals surface area (Å²) in [5.74, 6) is 0. The molecule has 1 aromatic heterocycles. The maximum Gasteiger partial charge on any atom is 0.418 e. The predicted molar refractivity (Wildman–Crippen MR) is 128 cm³/mol. The van der Waals surface area contributed by atoms with Gasteiger partial charge in [0, 0.05) is 51.8 Å². The molecule has 0 aliphatic carbocycles. The number of hydrogen-bond acceptors (Lipinski definition) is 4. The molecule has 3 heterocycles. The highest BCUT2D eigenvalue weighted by Crippen LogP contribution is 2.49. The molecule has 0 radical (unpaired) electrons. The Labute approximate surface area is 194 Å². The highest BCUT2D eigenvalue weighted by molar-refractivity contribution is 8.00. The Bertz CT molecular complexity index is 1130. The number of nitrogens with one attached hydrogen (secondary N) is 3. The molecule has 0 bridgehead atoms. The Balaban J connectivity index is 0.00000119. The number of halogens is 4. The van der Waals surface area contributed by atoms with Gasteiger partial charge >= 0.3 is 6.18 Å². The van der Waals surface area contributed by atoms with Crippen molar-refractivity contribution >= 4 is 45.6 Å². The number of rotatable bonds is 3. The second kappa shape index (κ2) is 9.08. The average Bonchev–Trinajstić information content (AvgIpc) is 3.34. The van der Waals surface area contributed by atoms with Crippen LogP contribution in [0.5, 0.6) is 0 Å². The predicted octanol–water partition coefficient (Wildman–Crippen LogP) is 7.16. The molecule has 2 aromatic carbocycles. The second-order valence-electron chi connectivity index (χ2n) is 7.53. The molecule has 0 saturated heterocycles. The number of benzene rings is 2. The third kappa shape index (κ3) is 4.28. The molecule has 3 aromatic rings. The van der Waals surface area contributed by atoms with Crippen molar-refractivity contribution in [2.75, 3.05) is 23.7 Å². The van der Waals surface area contributed by atoms with Gasteiger partial charge in [0.25, 0.3) is 0 Å². The van der Waals surface area contributed by atoms with Crippen molar-refractivity contribution in [2.45, 2.75) is 50.3 Å². The van der Waals surface area contributed by atoms with Crippen LogP contribution in [0.15, 0.2) is 35.2 Å². The third-order valence-corrected chi connectivity index (χ3v) is 7.04. The lowest BCUT2D eigenvalue weighted by Gasteiger charge is -2.31. The third-order valence-electron chi connectivity index (χ3n) is 5.59. The number of fused-ring (bicyclic) bond motifs is 4. The van der Waals surface area contributed by atoms with Crippen molar-refractivity contribution in [1.29, 1.82) is 0 Å². The number of aromatic amines is 1. The van der Waals surface area contributed by atoms with Gasteiger partial charge in [-0.15, -0.1) is 0 Å². The van der Waals surface area contributed by atoms with E-state index in [1.165, 1.54) is 23.4 Å². The smallest absolute Gasteiger partial charge is 0.385 e. The average molecular weight is 483 g/mol. The van der Waals surface area contributed by atoms with Gasteiger partial charge in [-0.3, -0.25) is 4.90 Å². The van der Waals surface area contributed by atoms with Crippen LogP contribution in [0.3, 0.4) is 0 Å². The Morgan fingerprint density at radius 2 is 2.00 bits per heavy atom. The SMILES string of the molecule is CC.CCNc1cc2c(c(C(F)(F)F)c1)NC(N1CCc3c([nH]c4ccc(Cl)cc34)C1)S2. The van der Waals surface area contributed by atoms with Crippen LogP contribution in [0.25, 0.3) is 10.9 Å². The zero-order valence-corrected chi connectivity index (χ0v) is 19.7. The standard InChI is InChI=1S/C21H20ClF3N4S.C2H6/c1-2-26-12-8-15(21(23,24)25)19-18(9-12)30-20(28-19)29-6-5-13-14-7-11(22)3-4-16(14)27-17(13)10-29;1-2/h3-4,7-9,20,26-28H,2,5-6,10H2,1H3;1-2H3. The van der Waals surface area contributed by atoms with Gasteiger partial charge in [-0.05, 0) is 49.2 Å². The van der Waals surface area contributed by atoms with E-state index in [0.29, 0.717) is 28.7 Å². The van der Waals surface area contributed by atoms with E-state index in [0.717, 1.165) is 29.6 Å². The van der Waals surface area contributed by atoms with Gasteiger partial charge in [0.2, 0.25) is 0 Å². The van der Waals surface area contributed by atoms with Gasteiger partial charge < -0.3 is 15.6 Å². The van der Waals surface area contributed by atoms with Gasteiger partial charge in [-0.2, -0.15) is 13.2 Å². The summed E-state index contributed by atoms with van der Waals surface area (Å²) in [6.45, 7) is 7.83. The molecule has 1 unspecified atom stereocenters. The molecule has 0 spiro atoms. The van der Waals surface area contributed by atoms with Gasteiger partial charge in [0.1, 0.15) is 5.50 Å². The molecule has 0 saturated carbocycles. The van der Waals surface area contributed by atoms with Crippen LogP contribution in [0, 0.1) is 0 Å². The summed E-state index contributed by atoms with van der Waals surface area (Å²) in [7, 11) is 0. The quantitative estimate of drug-likeness (QED) is 0.370. The first-order valence-electron chi connectivity index (χ1n) is 10.8. The first kappa shape index (κ1) is 23.1. The van der Waals surface area contributed by atoms with Crippen LogP contribution in [-0.2, 0) is 19.1 Å². The first-order valence-corrected chi connectivity index (χ1v) is 12.0. The molecule has 172 valence electrons. The van der Waals surface area contributed by atoms with Crippen LogP contribution >= 0.6 is 23.4 Å². The van der Waals surface area contributed by atoms with Crippen LogP contribution < -0.4 is 10.6 Å². The van der Waals surface area contributed by atoms with Crippen molar-refractivity contribution in [3.05, 3.63) is 52.2 Å². The molecule has 2 aliphatic heterocycles. The minimum atomic E-state index is -4.41. The summed E-state index contributed by atoms with van der Waals surface area (Å²) >= 11 is 7.59. The lowest BCUT2D eigenvalue weighted by Crippen LogP contribution is -2.40. The molecule has 4 nitrogen and oxygen atoms in total. The number of aromatic nitrogens is 1. The van der Waals surface area contributed by atoms with E-state index in [2.05, 4.69) is 20.5 Å². The van der Waals surface area contributed by atoms with Gasteiger partial charge in [-0.25, -0.2) is 0 Å². The second-order valence-corrected chi connectivity index (χ2v) is 9.09. The fraction of sp³-hybridized carbons (Fsp3) is 0.391. The Morgan fingerprint density at radius 3 is 2.72 bits per heavy atom. The number of nitrogens with zero attached hydrogens (tertiary/aromatic N) is 1. The molecular formula is C23H26ClF3N4S. The molecule has 2 aliphatic rings. The maximum absolute atomic E-state index is 13.7. The van der Waals surface area contributed by atoms with E-state index in [1.807, 2.05) is 39.0 Å². The fourth-order valence-corrected chi connectivity index (χ4v) is 5.66. The molecule has 3 N–H and O–H groups in total. The first-order chi connectivity index (χ1) is 15.3. The topological polar surface area (TPSA) is 43.1 Å². The van der Waals surface area contributed by atoms with Crippen LogP contribution in [0.4, 0.5) is 24.5 Å². The minimum Gasteiger partial charge on any atom is -0.385 e. The number of H-pyrrole nitrogens is 1. The molecule has 9 heteroatoms. The van der Waals surface area contributed by atoms with Crippen LogP contribution in [0.2, 0.25) is 5.02 Å². The fourth-order valence-electron chi connectivity index (χ4n) is 4.26. The Morgan fingerprint density at radius 1 is 1.22 bits per heavy atom. The van der Waals surface area contributed by atoms with Crippen LogP contribution in [-0.4, -0.2) is 28.5 Å². The molecule has 0 amide bonds. The van der Waals surface area contributed by atoms with Gasteiger partial charge in [-0.1, -0.05) is 37.2 Å². The lowest BCUT2D eigenvalue weighted by molar-refractivity contribution is -0.137. The molecule has 5 rings (SSSR count). The summed E-state index contributed by atoms with van der Waals surface area (Å²) in [6, 6.07) is 8.78. The zero-order valence-electron chi connectivity index (χ0n) is 18.2. The van der Waals surface area contributed by atoms with E-state index >= 15 is 0 Å². The van der Waals surface area contributed by atoms with Crippen molar-refractivity contribution in [3.63, 3.8) is 0 Å². The number of hydrogen-bond donors (Lipinski definition) is 3. The van der Waals surface area contributed by atoms with Crippen molar-refractivity contribution in [1.82, 2.24) is 9.88 Å². The van der Waals surface area contributed by atoms with E-state index < -0.39 is 11.7 Å². The number of alkyl halides is 3. The largest absolute Gasteiger partial charge is 0.418 e. The summed E-state index contributed by atoms with van der Waals surface area (Å²) in [5.41, 5.74) is 3.18. The van der Waals surface area contributed by atoms with E-state index in [1.54, 1.807) is 6.07 Å². The number of thioether (sulfide) groups is 1. The molecule has 1 atom stereocenters. The Hall–Kier alpha value is -2.03. The molecular weight excluding hydrogens is 457 g/mol. The summed E-state index contributed by atoms with van der Waals surface area (Å²) in [4.78, 5) is 6.25. The maximum atomic E-state index is 13.7. The van der Waals surface area contributed by atoms with Crippen molar-refractivity contribution in [2.24, 2.45) is 0 Å². The van der Waals surface area contributed by atoms with Gasteiger partial charge in [0.05, 0.1) is 11.3 Å². The van der Waals surface area contributed by atoms with E-state index in [4.69, 9.17) is 11.6 Å². The summed E-state index contributed by atoms with van der Waals surface area (Å²) in [6.07, 6.45) is -3.59. The number of anilines is 2. The minimum absolute atomic E-state index is 0.174. The van der Waals surface area contributed by atoms with Crippen LogP contribution in [0.1, 0.15) is 37.6 Å². The molecule has 0 fully saturated rings. The van der Waals surface area contributed by atoms with Gasteiger partial charge in [0.15, 0.2) is 0 Å². The Kier molecular flexibility index (Phi) is 6.56. The summed E-state index contributed by atoms with van der Waals surface area (Å²) < 4.78 is 41.0. The monoisotopic (exact) mass is 482 g/mol.